The number of nitrogens with zero attached hydrogens (tertiary/aromatic N) is 3. The Labute approximate surface area is 153 Å². The van der Waals surface area contributed by atoms with Gasteiger partial charge in [-0.3, -0.25) is 14.4 Å². The molecule has 1 aliphatic rings. The first-order valence-corrected chi connectivity index (χ1v) is 8.82. The quantitative estimate of drug-likeness (QED) is 0.848. The van der Waals surface area contributed by atoms with Crippen LogP contribution < -0.4 is 10.1 Å². The van der Waals surface area contributed by atoms with Crippen LogP contribution in [0, 0.1) is 6.92 Å². The van der Waals surface area contributed by atoms with Crippen molar-refractivity contribution in [2.75, 3.05) is 40.0 Å². The monoisotopic (exact) mass is 358 g/mol. The summed E-state index contributed by atoms with van der Waals surface area (Å²) in [7, 11) is 3.49. The largest absolute Gasteiger partial charge is 0.497 e. The van der Waals surface area contributed by atoms with E-state index in [1.807, 2.05) is 26.1 Å². The molecule has 1 saturated heterocycles. The summed E-state index contributed by atoms with van der Waals surface area (Å²) in [6.07, 6.45) is 1.61. The Hall–Kier alpha value is -2.38. The highest BCUT2D eigenvalue weighted by atomic mass is 16.5. The Bertz CT molecular complexity index is 736. The molecular formula is C19H26N4O3. The first-order valence-electron chi connectivity index (χ1n) is 8.82. The predicted octanol–water partition coefficient (Wildman–Crippen LogP) is 1.54. The minimum absolute atomic E-state index is 0.0886. The number of rotatable bonds is 6. The van der Waals surface area contributed by atoms with Gasteiger partial charge in [0, 0.05) is 32.4 Å². The van der Waals surface area contributed by atoms with Crippen LogP contribution in [0.3, 0.4) is 0 Å². The standard InChI is InChI=1S/C19H26N4O3/c1-14-17(12-21-22(14)2)19(24)20-13-18(23-8-10-26-11-9-23)15-4-6-16(25-3)7-5-15/h4-7,12,18H,8-11,13H2,1-3H3,(H,20,24). The lowest BCUT2D eigenvalue weighted by Gasteiger charge is -2.35. The number of methoxy groups -OCH3 is 1. The highest BCUT2D eigenvalue weighted by molar-refractivity contribution is 5.95. The number of hydrogen-bond donors (Lipinski definition) is 1. The van der Waals surface area contributed by atoms with Crippen LogP contribution in [0.1, 0.15) is 27.7 Å². The molecule has 0 aliphatic carbocycles. The predicted molar refractivity (Wildman–Crippen MR) is 98.4 cm³/mol. The average Bonchev–Trinajstić information content (AvgIpc) is 3.02. The summed E-state index contributed by atoms with van der Waals surface area (Å²) in [5.74, 6) is 0.729. The number of aromatic nitrogens is 2. The number of amides is 1. The molecule has 0 spiro atoms. The third-order valence-corrected chi connectivity index (χ3v) is 4.92. The number of aryl methyl sites for hydroxylation is 1. The van der Waals surface area contributed by atoms with Crippen LogP contribution in [0.15, 0.2) is 30.5 Å². The van der Waals surface area contributed by atoms with E-state index in [1.165, 1.54) is 0 Å². The van der Waals surface area contributed by atoms with Crippen molar-refractivity contribution in [2.24, 2.45) is 7.05 Å². The summed E-state index contributed by atoms with van der Waals surface area (Å²) in [4.78, 5) is 14.9. The van der Waals surface area contributed by atoms with Gasteiger partial charge in [0.15, 0.2) is 0 Å². The van der Waals surface area contributed by atoms with Crippen LogP contribution in [-0.2, 0) is 11.8 Å². The fourth-order valence-corrected chi connectivity index (χ4v) is 3.18. The van der Waals surface area contributed by atoms with Gasteiger partial charge in [0.05, 0.1) is 38.1 Å². The van der Waals surface area contributed by atoms with Crippen molar-refractivity contribution in [2.45, 2.75) is 13.0 Å². The molecule has 1 fully saturated rings. The first-order chi connectivity index (χ1) is 12.6. The van der Waals surface area contributed by atoms with E-state index in [0.29, 0.717) is 25.3 Å². The van der Waals surface area contributed by atoms with Gasteiger partial charge in [0.2, 0.25) is 0 Å². The molecule has 140 valence electrons. The van der Waals surface area contributed by atoms with E-state index in [0.717, 1.165) is 30.1 Å². The fourth-order valence-electron chi connectivity index (χ4n) is 3.18. The van der Waals surface area contributed by atoms with Gasteiger partial charge in [-0.25, -0.2) is 0 Å². The van der Waals surface area contributed by atoms with Crippen LogP contribution >= 0.6 is 0 Å². The zero-order chi connectivity index (χ0) is 18.5. The second-order valence-corrected chi connectivity index (χ2v) is 6.41. The average molecular weight is 358 g/mol. The van der Waals surface area contributed by atoms with Crippen LogP contribution in [0.2, 0.25) is 0 Å². The summed E-state index contributed by atoms with van der Waals surface area (Å²) in [6.45, 7) is 5.53. The molecule has 1 aliphatic heterocycles. The molecule has 1 atom stereocenters. The Morgan fingerprint density at radius 3 is 2.58 bits per heavy atom. The molecule has 0 saturated carbocycles. The van der Waals surface area contributed by atoms with Gasteiger partial charge in [-0.2, -0.15) is 5.10 Å². The maximum atomic E-state index is 12.6. The van der Waals surface area contributed by atoms with Crippen LogP contribution in [0.4, 0.5) is 0 Å². The maximum absolute atomic E-state index is 12.6. The molecule has 7 heteroatoms. The van der Waals surface area contributed by atoms with Gasteiger partial charge in [-0.15, -0.1) is 0 Å². The number of carbonyl (C=O) groups is 1. The van der Waals surface area contributed by atoms with Crippen molar-refractivity contribution < 1.29 is 14.3 Å². The number of carbonyl (C=O) groups excluding carboxylic acids is 1. The highest BCUT2D eigenvalue weighted by Crippen LogP contribution is 2.24. The Balaban J connectivity index is 1.74. The SMILES string of the molecule is COc1ccc(C(CNC(=O)c2cnn(C)c2C)N2CCOCC2)cc1. The van der Waals surface area contributed by atoms with Crippen molar-refractivity contribution >= 4 is 5.91 Å². The van der Waals surface area contributed by atoms with E-state index in [9.17, 15) is 4.79 Å². The molecule has 0 bridgehead atoms. The van der Waals surface area contributed by atoms with Gasteiger partial charge in [-0.05, 0) is 24.6 Å². The van der Waals surface area contributed by atoms with Crippen molar-refractivity contribution in [3.63, 3.8) is 0 Å². The normalized spacial score (nSPS) is 16.3. The maximum Gasteiger partial charge on any atom is 0.254 e. The highest BCUT2D eigenvalue weighted by Gasteiger charge is 2.24. The van der Waals surface area contributed by atoms with Crippen molar-refractivity contribution in [1.29, 1.82) is 0 Å². The Morgan fingerprint density at radius 1 is 1.31 bits per heavy atom. The molecule has 1 aromatic carbocycles. The molecule has 2 heterocycles. The van der Waals surface area contributed by atoms with Gasteiger partial charge in [0.25, 0.3) is 5.91 Å². The summed E-state index contributed by atoms with van der Waals surface area (Å²) in [5.41, 5.74) is 2.62. The van der Waals surface area contributed by atoms with E-state index in [4.69, 9.17) is 9.47 Å². The van der Waals surface area contributed by atoms with Crippen molar-refractivity contribution in [3.8, 4) is 5.75 Å². The number of ether oxygens (including phenoxy) is 2. The summed E-state index contributed by atoms with van der Waals surface area (Å²) < 4.78 is 12.4. The molecular weight excluding hydrogens is 332 g/mol. The van der Waals surface area contributed by atoms with Crippen LogP contribution in [0.25, 0.3) is 0 Å². The Morgan fingerprint density at radius 2 is 2.00 bits per heavy atom. The number of hydrogen-bond acceptors (Lipinski definition) is 5. The summed E-state index contributed by atoms with van der Waals surface area (Å²) in [6, 6.07) is 8.11. The summed E-state index contributed by atoms with van der Waals surface area (Å²) >= 11 is 0. The minimum atomic E-state index is -0.0950. The lowest BCUT2D eigenvalue weighted by atomic mass is 10.0. The lowest BCUT2D eigenvalue weighted by Crippen LogP contribution is -2.43. The topological polar surface area (TPSA) is 68.6 Å². The number of nitrogens with one attached hydrogen (secondary N) is 1. The van der Waals surface area contributed by atoms with E-state index in [2.05, 4.69) is 27.4 Å². The molecule has 0 radical (unpaired) electrons. The van der Waals surface area contributed by atoms with Gasteiger partial charge in [0.1, 0.15) is 5.75 Å². The molecule has 1 amide bonds. The third kappa shape index (κ3) is 4.05. The molecule has 2 aromatic rings. The molecule has 1 N–H and O–H groups in total. The van der Waals surface area contributed by atoms with Crippen LogP contribution in [0.5, 0.6) is 5.75 Å². The van der Waals surface area contributed by atoms with Gasteiger partial charge in [-0.1, -0.05) is 12.1 Å². The minimum Gasteiger partial charge on any atom is -0.497 e. The first kappa shape index (κ1) is 18.4. The molecule has 1 aromatic heterocycles. The van der Waals surface area contributed by atoms with Crippen LogP contribution in [-0.4, -0.2) is 60.5 Å². The number of morpholine rings is 1. The van der Waals surface area contributed by atoms with E-state index in [-0.39, 0.29) is 11.9 Å². The smallest absolute Gasteiger partial charge is 0.254 e. The van der Waals surface area contributed by atoms with Crippen molar-refractivity contribution in [1.82, 2.24) is 20.0 Å². The van der Waals surface area contributed by atoms with Gasteiger partial charge < -0.3 is 14.8 Å². The molecule has 3 rings (SSSR count). The zero-order valence-electron chi connectivity index (χ0n) is 15.6. The molecule has 26 heavy (non-hydrogen) atoms. The summed E-state index contributed by atoms with van der Waals surface area (Å²) in [5, 5.41) is 7.22. The third-order valence-electron chi connectivity index (χ3n) is 4.92. The van der Waals surface area contributed by atoms with Gasteiger partial charge >= 0.3 is 0 Å². The van der Waals surface area contributed by atoms with E-state index >= 15 is 0 Å². The second kappa shape index (κ2) is 8.33. The number of benzene rings is 1. The fraction of sp³-hybridized carbons (Fsp3) is 0.474. The molecule has 7 nitrogen and oxygen atoms in total. The van der Waals surface area contributed by atoms with E-state index in [1.54, 1.807) is 18.0 Å². The Kier molecular flexibility index (Phi) is 5.90. The van der Waals surface area contributed by atoms with Crippen molar-refractivity contribution in [3.05, 3.63) is 47.3 Å². The van der Waals surface area contributed by atoms with E-state index < -0.39 is 0 Å². The second-order valence-electron chi connectivity index (χ2n) is 6.41. The zero-order valence-corrected chi connectivity index (χ0v) is 15.6. The lowest BCUT2D eigenvalue weighted by molar-refractivity contribution is 0.0162. The molecule has 1 unspecified atom stereocenters.